The molecule has 20 heavy (non-hydrogen) atoms. The second kappa shape index (κ2) is 6.05. The third-order valence-corrected chi connectivity index (χ3v) is 3.37. The topological polar surface area (TPSA) is 53.4 Å². The molecule has 104 valence electrons. The lowest BCUT2D eigenvalue weighted by Crippen LogP contribution is -2.18. The molecule has 5 heteroatoms. The van der Waals surface area contributed by atoms with Crippen LogP contribution >= 0.6 is 15.9 Å². The number of pyridine rings is 1. The SMILES string of the molecule is Cc1cccc(CN(C)c2cc(Br)cc(C(=O)O)c2)n1. The number of halogens is 1. The number of carbonyl (C=O) groups is 1. The van der Waals surface area contributed by atoms with Crippen LogP contribution in [-0.4, -0.2) is 23.1 Å². The lowest BCUT2D eigenvalue weighted by Gasteiger charge is -2.20. The third-order valence-electron chi connectivity index (χ3n) is 2.92. The maximum absolute atomic E-state index is 11.1. The molecule has 4 nitrogen and oxygen atoms in total. The van der Waals surface area contributed by atoms with E-state index in [1.54, 1.807) is 12.1 Å². The molecule has 1 aromatic heterocycles. The van der Waals surface area contributed by atoms with E-state index in [2.05, 4.69) is 20.9 Å². The maximum atomic E-state index is 11.1. The number of carboxylic acids is 1. The summed E-state index contributed by atoms with van der Waals surface area (Å²) in [6.07, 6.45) is 0. The van der Waals surface area contributed by atoms with Crippen LogP contribution in [0.2, 0.25) is 0 Å². The van der Waals surface area contributed by atoms with Gasteiger partial charge in [0.05, 0.1) is 17.8 Å². The predicted octanol–water partition coefficient (Wildman–Crippen LogP) is 3.49. The highest BCUT2D eigenvalue weighted by atomic mass is 79.9. The number of rotatable bonds is 4. The molecule has 0 radical (unpaired) electrons. The number of nitrogens with zero attached hydrogens (tertiary/aromatic N) is 2. The zero-order valence-corrected chi connectivity index (χ0v) is 12.9. The van der Waals surface area contributed by atoms with Crippen molar-refractivity contribution in [1.82, 2.24) is 4.98 Å². The van der Waals surface area contributed by atoms with Crippen LogP contribution in [0.5, 0.6) is 0 Å². The number of aromatic carboxylic acids is 1. The van der Waals surface area contributed by atoms with Gasteiger partial charge in [-0.15, -0.1) is 0 Å². The van der Waals surface area contributed by atoms with Crippen molar-refractivity contribution in [2.24, 2.45) is 0 Å². The predicted molar refractivity (Wildman–Crippen MR) is 82.2 cm³/mol. The van der Waals surface area contributed by atoms with Gasteiger partial charge >= 0.3 is 5.97 Å². The molecule has 1 heterocycles. The lowest BCUT2D eigenvalue weighted by atomic mass is 10.2. The molecule has 1 N–H and O–H groups in total. The van der Waals surface area contributed by atoms with Gasteiger partial charge in [-0.2, -0.15) is 0 Å². The Hall–Kier alpha value is -1.88. The first-order valence-electron chi connectivity index (χ1n) is 6.13. The molecule has 0 saturated heterocycles. The van der Waals surface area contributed by atoms with Crippen molar-refractivity contribution < 1.29 is 9.90 Å². The Bertz CT molecular complexity index is 644. The van der Waals surface area contributed by atoms with Crippen molar-refractivity contribution in [2.75, 3.05) is 11.9 Å². The summed E-state index contributed by atoms with van der Waals surface area (Å²) in [6.45, 7) is 2.57. The number of carboxylic acid groups (broad SMARTS) is 1. The van der Waals surface area contributed by atoms with Crippen molar-refractivity contribution in [1.29, 1.82) is 0 Å². The van der Waals surface area contributed by atoms with E-state index in [1.807, 2.05) is 43.1 Å². The van der Waals surface area contributed by atoms with E-state index in [0.29, 0.717) is 6.54 Å². The van der Waals surface area contributed by atoms with Crippen molar-refractivity contribution in [3.05, 3.63) is 57.8 Å². The number of aromatic nitrogens is 1. The van der Waals surface area contributed by atoms with Gasteiger partial charge in [0.2, 0.25) is 0 Å². The summed E-state index contributed by atoms with van der Waals surface area (Å²) in [5.74, 6) is -0.936. The summed E-state index contributed by atoms with van der Waals surface area (Å²) >= 11 is 3.34. The van der Waals surface area contributed by atoms with Gasteiger partial charge < -0.3 is 10.0 Å². The fourth-order valence-electron chi connectivity index (χ4n) is 1.94. The summed E-state index contributed by atoms with van der Waals surface area (Å²) in [6, 6.07) is 11.0. The van der Waals surface area contributed by atoms with Crippen LogP contribution in [0.25, 0.3) is 0 Å². The highest BCUT2D eigenvalue weighted by molar-refractivity contribution is 9.10. The molecule has 0 aliphatic rings. The van der Waals surface area contributed by atoms with Crippen LogP contribution < -0.4 is 4.90 Å². The van der Waals surface area contributed by atoms with Crippen LogP contribution in [0.4, 0.5) is 5.69 Å². The largest absolute Gasteiger partial charge is 0.478 e. The molecule has 2 aromatic rings. The molecule has 0 bridgehead atoms. The van der Waals surface area contributed by atoms with Gasteiger partial charge in [0.25, 0.3) is 0 Å². The number of benzene rings is 1. The number of hydrogen-bond acceptors (Lipinski definition) is 3. The molecule has 0 atom stereocenters. The highest BCUT2D eigenvalue weighted by Crippen LogP contribution is 2.23. The Kier molecular flexibility index (Phi) is 4.39. The molecule has 0 fully saturated rings. The van der Waals surface area contributed by atoms with Crippen molar-refractivity contribution in [3.63, 3.8) is 0 Å². The second-order valence-corrected chi connectivity index (χ2v) is 5.55. The van der Waals surface area contributed by atoms with E-state index in [-0.39, 0.29) is 5.56 Å². The van der Waals surface area contributed by atoms with Crippen LogP contribution in [-0.2, 0) is 6.54 Å². The number of aryl methyl sites for hydroxylation is 1. The van der Waals surface area contributed by atoms with Crippen LogP contribution in [0.3, 0.4) is 0 Å². The molecule has 2 rings (SSSR count). The lowest BCUT2D eigenvalue weighted by molar-refractivity contribution is 0.0697. The quantitative estimate of drug-likeness (QED) is 0.929. The van der Waals surface area contributed by atoms with Gasteiger partial charge in [0.1, 0.15) is 0 Å². The van der Waals surface area contributed by atoms with Crippen molar-refractivity contribution >= 4 is 27.6 Å². The van der Waals surface area contributed by atoms with Gasteiger partial charge in [0.15, 0.2) is 0 Å². The monoisotopic (exact) mass is 334 g/mol. The summed E-state index contributed by atoms with van der Waals surface area (Å²) in [5, 5.41) is 9.09. The van der Waals surface area contributed by atoms with Crippen LogP contribution in [0, 0.1) is 6.92 Å². The Morgan fingerprint density at radius 2 is 2.10 bits per heavy atom. The normalized spacial score (nSPS) is 10.3. The molecule has 0 saturated carbocycles. The third kappa shape index (κ3) is 3.57. The van der Waals surface area contributed by atoms with Gasteiger partial charge in [-0.25, -0.2) is 4.79 Å². The average molecular weight is 335 g/mol. The van der Waals surface area contributed by atoms with E-state index in [0.717, 1.165) is 21.5 Å². The van der Waals surface area contributed by atoms with E-state index in [1.165, 1.54) is 0 Å². The van der Waals surface area contributed by atoms with Gasteiger partial charge in [0, 0.05) is 22.9 Å². The van der Waals surface area contributed by atoms with E-state index in [4.69, 9.17) is 5.11 Å². The molecular weight excluding hydrogens is 320 g/mol. The van der Waals surface area contributed by atoms with Crippen molar-refractivity contribution in [3.8, 4) is 0 Å². The first kappa shape index (κ1) is 14.5. The van der Waals surface area contributed by atoms with Crippen LogP contribution in [0.15, 0.2) is 40.9 Å². The fraction of sp³-hybridized carbons (Fsp3) is 0.200. The Balaban J connectivity index is 2.25. The molecule has 0 aliphatic heterocycles. The molecule has 0 aliphatic carbocycles. The molecule has 0 spiro atoms. The minimum absolute atomic E-state index is 0.262. The number of hydrogen-bond donors (Lipinski definition) is 1. The molecule has 0 amide bonds. The molecule has 0 unspecified atom stereocenters. The van der Waals surface area contributed by atoms with Crippen molar-refractivity contribution in [2.45, 2.75) is 13.5 Å². The first-order valence-corrected chi connectivity index (χ1v) is 6.92. The summed E-state index contributed by atoms with van der Waals surface area (Å²) < 4.78 is 0.747. The Morgan fingerprint density at radius 3 is 2.75 bits per heavy atom. The van der Waals surface area contributed by atoms with Gasteiger partial charge in [-0.3, -0.25) is 4.98 Å². The summed E-state index contributed by atoms with van der Waals surface area (Å²) in [4.78, 5) is 17.5. The minimum atomic E-state index is -0.936. The minimum Gasteiger partial charge on any atom is -0.478 e. The number of anilines is 1. The molecular formula is C15H15BrN2O2. The van der Waals surface area contributed by atoms with Crippen LogP contribution in [0.1, 0.15) is 21.7 Å². The average Bonchev–Trinajstić information content (AvgIpc) is 2.37. The maximum Gasteiger partial charge on any atom is 0.335 e. The van der Waals surface area contributed by atoms with Gasteiger partial charge in [-0.1, -0.05) is 22.0 Å². The van der Waals surface area contributed by atoms with Gasteiger partial charge in [-0.05, 0) is 37.3 Å². The highest BCUT2D eigenvalue weighted by Gasteiger charge is 2.09. The fourth-order valence-corrected chi connectivity index (χ4v) is 2.42. The standard InChI is InChI=1S/C15H15BrN2O2/c1-10-4-3-5-13(17-10)9-18(2)14-7-11(15(19)20)6-12(16)8-14/h3-8H,9H2,1-2H3,(H,19,20). The smallest absolute Gasteiger partial charge is 0.335 e. The summed E-state index contributed by atoms with van der Waals surface area (Å²) in [7, 11) is 1.91. The zero-order valence-electron chi connectivity index (χ0n) is 11.3. The second-order valence-electron chi connectivity index (χ2n) is 4.63. The Morgan fingerprint density at radius 1 is 1.35 bits per heavy atom. The summed E-state index contributed by atoms with van der Waals surface area (Å²) in [5.41, 5.74) is 3.01. The van der Waals surface area contributed by atoms with E-state index in [9.17, 15) is 4.79 Å². The Labute approximate surface area is 126 Å². The molecule has 1 aromatic carbocycles. The zero-order chi connectivity index (χ0) is 14.7. The first-order chi connectivity index (χ1) is 9.45. The van der Waals surface area contributed by atoms with E-state index >= 15 is 0 Å². The van der Waals surface area contributed by atoms with E-state index < -0.39 is 5.97 Å².